The fourth-order valence-electron chi connectivity index (χ4n) is 2.20. The van der Waals surface area contributed by atoms with Crippen molar-refractivity contribution in [3.8, 4) is 0 Å². The zero-order chi connectivity index (χ0) is 17.4. The number of hydrogen-bond donors (Lipinski definition) is 2. The number of carbonyl (C=O) groups is 1. The van der Waals surface area contributed by atoms with E-state index < -0.39 is 0 Å². The van der Waals surface area contributed by atoms with Crippen LogP contribution >= 0.6 is 0 Å². The molecule has 24 heavy (non-hydrogen) atoms. The Morgan fingerprint density at radius 1 is 1.12 bits per heavy atom. The first kappa shape index (κ1) is 17.5. The normalized spacial score (nSPS) is 12.0. The van der Waals surface area contributed by atoms with E-state index in [1.54, 1.807) is 6.21 Å². The van der Waals surface area contributed by atoms with Crippen molar-refractivity contribution in [2.45, 2.75) is 19.4 Å². The van der Waals surface area contributed by atoms with Crippen LogP contribution in [0.3, 0.4) is 0 Å². The minimum absolute atomic E-state index is 0.150. The fourth-order valence-corrected chi connectivity index (χ4v) is 2.20. The van der Waals surface area contributed by atoms with Crippen LogP contribution in [0.5, 0.6) is 0 Å². The summed E-state index contributed by atoms with van der Waals surface area (Å²) >= 11 is 0. The lowest BCUT2D eigenvalue weighted by Crippen LogP contribution is -2.36. The lowest BCUT2D eigenvalue weighted by molar-refractivity contribution is -0.121. The van der Waals surface area contributed by atoms with E-state index in [0.29, 0.717) is 6.42 Å². The molecule has 2 aromatic rings. The first-order valence-corrected chi connectivity index (χ1v) is 8.02. The van der Waals surface area contributed by atoms with E-state index >= 15 is 0 Å². The largest absolute Gasteiger partial charge is 0.378 e. The van der Waals surface area contributed by atoms with E-state index in [1.807, 2.05) is 80.5 Å². The Bertz CT molecular complexity index is 666. The van der Waals surface area contributed by atoms with Gasteiger partial charge in [0.2, 0.25) is 0 Å². The van der Waals surface area contributed by atoms with Gasteiger partial charge < -0.3 is 10.2 Å². The highest BCUT2D eigenvalue weighted by Crippen LogP contribution is 2.11. The minimum atomic E-state index is -0.319. The molecule has 0 unspecified atom stereocenters. The van der Waals surface area contributed by atoms with E-state index in [-0.39, 0.29) is 11.9 Å². The predicted octanol–water partition coefficient (Wildman–Crippen LogP) is 3.09. The van der Waals surface area contributed by atoms with Crippen LogP contribution in [0.15, 0.2) is 59.7 Å². The molecule has 0 aromatic heterocycles. The molecule has 0 fully saturated rings. The molecule has 126 valence electrons. The molecule has 0 saturated heterocycles. The van der Waals surface area contributed by atoms with Crippen molar-refractivity contribution in [1.82, 2.24) is 5.43 Å². The average molecular weight is 324 g/mol. The lowest BCUT2D eigenvalue weighted by atomic mass is 10.2. The summed E-state index contributed by atoms with van der Waals surface area (Å²) in [6.07, 6.45) is 2.32. The second kappa shape index (κ2) is 8.72. The van der Waals surface area contributed by atoms with E-state index in [2.05, 4.69) is 15.8 Å². The molecule has 2 aromatic carbocycles. The van der Waals surface area contributed by atoms with Gasteiger partial charge in [0.15, 0.2) is 0 Å². The Kier molecular flexibility index (Phi) is 6.37. The number of amides is 1. The van der Waals surface area contributed by atoms with Crippen LogP contribution in [0.4, 0.5) is 11.4 Å². The highest BCUT2D eigenvalue weighted by molar-refractivity contribution is 5.86. The van der Waals surface area contributed by atoms with Gasteiger partial charge in [-0.3, -0.25) is 4.79 Å². The number of anilines is 2. The first-order chi connectivity index (χ1) is 11.6. The Labute approximate surface area is 143 Å². The number of carbonyl (C=O) groups excluding carboxylic acids is 1. The zero-order valence-corrected chi connectivity index (χ0v) is 14.4. The first-order valence-electron chi connectivity index (χ1n) is 8.02. The van der Waals surface area contributed by atoms with Gasteiger partial charge in [-0.15, -0.1) is 0 Å². The maximum Gasteiger partial charge on any atom is 0.262 e. The van der Waals surface area contributed by atoms with E-state index in [9.17, 15) is 4.79 Å². The van der Waals surface area contributed by atoms with Crippen molar-refractivity contribution in [2.75, 3.05) is 24.3 Å². The average Bonchev–Trinajstić information content (AvgIpc) is 2.61. The number of hydrogen-bond acceptors (Lipinski definition) is 4. The molecule has 2 rings (SSSR count). The van der Waals surface area contributed by atoms with Crippen LogP contribution in [0.2, 0.25) is 0 Å². The molecular formula is C19H24N4O. The van der Waals surface area contributed by atoms with Crippen LogP contribution in [0, 0.1) is 0 Å². The zero-order valence-electron chi connectivity index (χ0n) is 14.4. The second-order valence-electron chi connectivity index (χ2n) is 5.69. The van der Waals surface area contributed by atoms with Crippen molar-refractivity contribution < 1.29 is 4.79 Å². The number of rotatable bonds is 7. The van der Waals surface area contributed by atoms with Crippen LogP contribution in [0.25, 0.3) is 0 Å². The van der Waals surface area contributed by atoms with Crippen molar-refractivity contribution in [3.63, 3.8) is 0 Å². The number of benzene rings is 2. The van der Waals surface area contributed by atoms with Crippen molar-refractivity contribution in [1.29, 1.82) is 0 Å². The van der Waals surface area contributed by atoms with Gasteiger partial charge in [0.25, 0.3) is 5.91 Å². The summed E-state index contributed by atoms with van der Waals surface area (Å²) in [7, 11) is 3.99. The second-order valence-corrected chi connectivity index (χ2v) is 5.69. The summed E-state index contributed by atoms with van der Waals surface area (Å²) in [5, 5.41) is 7.25. The number of nitrogens with one attached hydrogen (secondary N) is 2. The van der Waals surface area contributed by atoms with E-state index in [4.69, 9.17) is 0 Å². The maximum absolute atomic E-state index is 12.2. The molecule has 0 aliphatic heterocycles. The molecule has 0 radical (unpaired) electrons. The Morgan fingerprint density at radius 2 is 1.79 bits per heavy atom. The standard InChI is InChI=1S/C19H24N4O/c1-4-18(21-16-8-6-5-7-9-16)19(24)22-20-14-15-10-12-17(13-11-15)23(2)3/h5-14,18,21H,4H2,1-3H3,(H,22,24)/b20-14-/t18-/m0/s1. The molecule has 5 nitrogen and oxygen atoms in total. The molecule has 0 spiro atoms. The highest BCUT2D eigenvalue weighted by Gasteiger charge is 2.15. The van der Waals surface area contributed by atoms with Gasteiger partial charge in [-0.2, -0.15) is 5.10 Å². The fraction of sp³-hybridized carbons (Fsp3) is 0.263. The molecule has 0 bridgehead atoms. The third kappa shape index (κ3) is 5.12. The quantitative estimate of drug-likeness (QED) is 0.608. The van der Waals surface area contributed by atoms with Crippen LogP contribution in [0.1, 0.15) is 18.9 Å². The van der Waals surface area contributed by atoms with Gasteiger partial charge in [-0.05, 0) is 36.2 Å². The molecular weight excluding hydrogens is 300 g/mol. The van der Waals surface area contributed by atoms with Gasteiger partial charge in [0.05, 0.1) is 6.21 Å². The summed E-state index contributed by atoms with van der Waals surface area (Å²) in [5.41, 5.74) is 5.57. The van der Waals surface area contributed by atoms with E-state index in [0.717, 1.165) is 16.9 Å². The summed E-state index contributed by atoms with van der Waals surface area (Å²) < 4.78 is 0. The Morgan fingerprint density at radius 3 is 2.38 bits per heavy atom. The molecule has 5 heteroatoms. The molecule has 1 atom stereocenters. The highest BCUT2D eigenvalue weighted by atomic mass is 16.2. The van der Waals surface area contributed by atoms with Gasteiger partial charge in [0.1, 0.15) is 6.04 Å². The van der Waals surface area contributed by atoms with Gasteiger partial charge >= 0.3 is 0 Å². The lowest BCUT2D eigenvalue weighted by Gasteiger charge is -2.16. The molecule has 1 amide bonds. The van der Waals surface area contributed by atoms with Crippen LogP contribution in [-0.4, -0.2) is 32.3 Å². The van der Waals surface area contributed by atoms with Crippen molar-refractivity contribution >= 4 is 23.5 Å². The Balaban J connectivity index is 1.90. The van der Waals surface area contributed by atoms with E-state index in [1.165, 1.54) is 0 Å². The Hall–Kier alpha value is -2.82. The molecule has 0 aliphatic rings. The molecule has 0 aliphatic carbocycles. The summed E-state index contributed by atoms with van der Waals surface area (Å²) in [6, 6.07) is 17.3. The van der Waals surface area contributed by atoms with Gasteiger partial charge in [0, 0.05) is 25.5 Å². The summed E-state index contributed by atoms with van der Waals surface area (Å²) in [4.78, 5) is 14.2. The van der Waals surface area contributed by atoms with Gasteiger partial charge in [-0.25, -0.2) is 5.43 Å². The minimum Gasteiger partial charge on any atom is -0.378 e. The summed E-state index contributed by atoms with van der Waals surface area (Å²) in [6.45, 7) is 1.96. The third-order valence-electron chi connectivity index (χ3n) is 3.64. The van der Waals surface area contributed by atoms with Gasteiger partial charge in [-0.1, -0.05) is 37.3 Å². The smallest absolute Gasteiger partial charge is 0.262 e. The van der Waals surface area contributed by atoms with Crippen molar-refractivity contribution in [3.05, 3.63) is 60.2 Å². The third-order valence-corrected chi connectivity index (χ3v) is 3.64. The predicted molar refractivity (Wildman–Crippen MR) is 101 cm³/mol. The van der Waals surface area contributed by atoms with Crippen LogP contribution < -0.4 is 15.6 Å². The number of para-hydroxylation sites is 1. The SMILES string of the molecule is CC[C@H](Nc1ccccc1)C(=O)N/N=C\c1ccc(N(C)C)cc1. The summed E-state index contributed by atoms with van der Waals surface area (Å²) in [5.74, 6) is -0.150. The number of nitrogens with zero attached hydrogens (tertiary/aromatic N) is 2. The van der Waals surface area contributed by atoms with Crippen LogP contribution in [-0.2, 0) is 4.79 Å². The van der Waals surface area contributed by atoms with Crippen molar-refractivity contribution in [2.24, 2.45) is 5.10 Å². The topological polar surface area (TPSA) is 56.7 Å². The molecule has 2 N–H and O–H groups in total. The number of hydrazone groups is 1. The monoisotopic (exact) mass is 324 g/mol. The molecule has 0 heterocycles. The maximum atomic E-state index is 12.2. The molecule has 0 saturated carbocycles.